The highest BCUT2D eigenvalue weighted by molar-refractivity contribution is 6.30. The summed E-state index contributed by atoms with van der Waals surface area (Å²) in [6.07, 6.45) is 2.43. The van der Waals surface area contributed by atoms with Crippen LogP contribution in [0.5, 0.6) is 0 Å². The molecule has 17 heavy (non-hydrogen) atoms. The number of hydrogen-bond donors (Lipinski definition) is 0. The van der Waals surface area contributed by atoms with E-state index in [1.807, 2.05) is 11.8 Å². The van der Waals surface area contributed by atoms with Crippen LogP contribution in [0.15, 0.2) is 18.3 Å². The van der Waals surface area contributed by atoms with Crippen LogP contribution < -0.4 is 0 Å². The topological polar surface area (TPSA) is 42.4 Å². The summed E-state index contributed by atoms with van der Waals surface area (Å²) < 4.78 is 5.37. The number of rotatable bonds is 2. The molecule has 0 saturated carbocycles. The lowest BCUT2D eigenvalue weighted by molar-refractivity contribution is -0.00310. The van der Waals surface area contributed by atoms with Crippen LogP contribution >= 0.6 is 11.6 Å². The monoisotopic (exact) mass is 254 g/mol. The highest BCUT2D eigenvalue weighted by Gasteiger charge is 2.27. The number of halogens is 1. The number of carbonyl (C=O) groups excluding carboxylic acids is 1. The zero-order valence-corrected chi connectivity index (χ0v) is 10.5. The number of aromatic nitrogens is 1. The van der Waals surface area contributed by atoms with Gasteiger partial charge in [0.2, 0.25) is 0 Å². The van der Waals surface area contributed by atoms with Gasteiger partial charge in [-0.05, 0) is 18.6 Å². The molecule has 0 aliphatic carbocycles. The summed E-state index contributed by atoms with van der Waals surface area (Å²) in [4.78, 5) is 18.2. The van der Waals surface area contributed by atoms with Gasteiger partial charge in [0, 0.05) is 17.8 Å². The Kier molecular flexibility index (Phi) is 3.97. The largest absolute Gasteiger partial charge is 0.377 e. The quantitative estimate of drug-likeness (QED) is 0.811. The van der Waals surface area contributed by atoms with Gasteiger partial charge in [-0.25, -0.2) is 0 Å². The summed E-state index contributed by atoms with van der Waals surface area (Å²) in [5, 5.41) is 0.532. The normalized spacial score (nSPS) is 20.4. The number of amides is 1. The van der Waals surface area contributed by atoms with Crippen molar-refractivity contribution in [2.24, 2.45) is 0 Å². The van der Waals surface area contributed by atoms with Crippen molar-refractivity contribution in [3.8, 4) is 0 Å². The number of pyridine rings is 1. The molecule has 1 aromatic heterocycles. The van der Waals surface area contributed by atoms with Crippen LogP contribution in [-0.2, 0) is 4.74 Å². The van der Waals surface area contributed by atoms with Gasteiger partial charge in [0.25, 0.3) is 5.91 Å². The van der Waals surface area contributed by atoms with Gasteiger partial charge in [0.1, 0.15) is 5.69 Å². The summed E-state index contributed by atoms with van der Waals surface area (Å²) in [6.45, 7) is 3.85. The standard InChI is InChI=1S/C12H15ClN2O2/c1-2-10-8-17-6-5-15(10)12(16)11-7-9(13)3-4-14-11/h3-4,7,10H,2,5-6,8H2,1H3. The number of carbonyl (C=O) groups is 1. The molecule has 0 bridgehead atoms. The van der Waals surface area contributed by atoms with Gasteiger partial charge >= 0.3 is 0 Å². The van der Waals surface area contributed by atoms with E-state index in [4.69, 9.17) is 16.3 Å². The maximum atomic E-state index is 12.3. The molecule has 0 aromatic carbocycles. The summed E-state index contributed by atoms with van der Waals surface area (Å²) in [6, 6.07) is 3.40. The number of morpholine rings is 1. The predicted molar refractivity (Wildman–Crippen MR) is 65.2 cm³/mol. The Hall–Kier alpha value is -1.13. The second-order valence-corrected chi connectivity index (χ2v) is 4.43. The Balaban J connectivity index is 2.18. The van der Waals surface area contributed by atoms with Crippen LogP contribution in [0.25, 0.3) is 0 Å². The highest BCUT2D eigenvalue weighted by atomic mass is 35.5. The van der Waals surface area contributed by atoms with Gasteiger partial charge in [-0.1, -0.05) is 18.5 Å². The zero-order valence-electron chi connectivity index (χ0n) is 9.73. The van der Waals surface area contributed by atoms with Crippen molar-refractivity contribution >= 4 is 17.5 Å². The van der Waals surface area contributed by atoms with Gasteiger partial charge in [-0.2, -0.15) is 0 Å². The first-order valence-corrected chi connectivity index (χ1v) is 6.10. The molecule has 4 nitrogen and oxygen atoms in total. The van der Waals surface area contributed by atoms with Gasteiger partial charge in [0.05, 0.1) is 19.3 Å². The summed E-state index contributed by atoms with van der Waals surface area (Å²) >= 11 is 5.86. The van der Waals surface area contributed by atoms with E-state index in [0.717, 1.165) is 6.42 Å². The first kappa shape index (κ1) is 12.3. The molecule has 1 unspecified atom stereocenters. The summed E-state index contributed by atoms with van der Waals surface area (Å²) in [7, 11) is 0. The summed E-state index contributed by atoms with van der Waals surface area (Å²) in [5.74, 6) is -0.0670. The third kappa shape index (κ3) is 2.76. The summed E-state index contributed by atoms with van der Waals surface area (Å²) in [5.41, 5.74) is 0.401. The molecule has 1 aromatic rings. The fourth-order valence-electron chi connectivity index (χ4n) is 1.93. The second kappa shape index (κ2) is 5.47. The van der Waals surface area contributed by atoms with Gasteiger partial charge in [-0.15, -0.1) is 0 Å². The first-order chi connectivity index (χ1) is 8.22. The van der Waals surface area contributed by atoms with E-state index in [1.54, 1.807) is 18.3 Å². The third-order valence-corrected chi connectivity index (χ3v) is 3.14. The molecule has 92 valence electrons. The van der Waals surface area contributed by atoms with E-state index in [1.165, 1.54) is 0 Å². The molecular formula is C12H15ClN2O2. The molecule has 0 N–H and O–H groups in total. The van der Waals surface area contributed by atoms with Crippen LogP contribution in [-0.4, -0.2) is 41.6 Å². The van der Waals surface area contributed by atoms with Gasteiger partial charge in [0.15, 0.2) is 0 Å². The van der Waals surface area contributed by atoms with Crippen molar-refractivity contribution in [3.05, 3.63) is 29.0 Å². The van der Waals surface area contributed by atoms with Crippen LogP contribution in [0.4, 0.5) is 0 Å². The first-order valence-electron chi connectivity index (χ1n) is 5.72. The highest BCUT2D eigenvalue weighted by Crippen LogP contribution is 2.15. The average Bonchev–Trinajstić information content (AvgIpc) is 2.38. The van der Waals surface area contributed by atoms with E-state index in [-0.39, 0.29) is 11.9 Å². The molecule has 1 aliphatic rings. The Morgan fingerprint density at radius 2 is 2.53 bits per heavy atom. The van der Waals surface area contributed by atoms with Gasteiger partial charge < -0.3 is 9.64 Å². The molecule has 0 radical (unpaired) electrons. The minimum atomic E-state index is -0.0670. The SMILES string of the molecule is CCC1COCCN1C(=O)c1cc(Cl)ccn1. The van der Waals surface area contributed by atoms with Crippen molar-refractivity contribution < 1.29 is 9.53 Å². The van der Waals surface area contributed by atoms with Gasteiger partial charge in [-0.3, -0.25) is 9.78 Å². The molecule has 1 atom stereocenters. The lowest BCUT2D eigenvalue weighted by Gasteiger charge is -2.34. The number of hydrogen-bond acceptors (Lipinski definition) is 3. The Morgan fingerprint density at radius 1 is 1.71 bits per heavy atom. The predicted octanol–water partition coefficient (Wildman–Crippen LogP) is 1.99. The maximum absolute atomic E-state index is 12.3. The lowest BCUT2D eigenvalue weighted by atomic mass is 10.1. The van der Waals surface area contributed by atoms with Crippen LogP contribution in [0.1, 0.15) is 23.8 Å². The Morgan fingerprint density at radius 3 is 3.24 bits per heavy atom. The van der Waals surface area contributed by atoms with E-state index in [0.29, 0.717) is 30.5 Å². The molecule has 2 heterocycles. The van der Waals surface area contributed by atoms with E-state index in [9.17, 15) is 4.79 Å². The molecular weight excluding hydrogens is 240 g/mol. The van der Waals surface area contributed by atoms with E-state index >= 15 is 0 Å². The Bertz CT molecular complexity index is 411. The van der Waals surface area contributed by atoms with Crippen molar-refractivity contribution in [2.75, 3.05) is 19.8 Å². The van der Waals surface area contributed by atoms with Crippen molar-refractivity contribution in [1.29, 1.82) is 0 Å². The molecule has 5 heteroatoms. The number of ether oxygens (including phenoxy) is 1. The Labute approximate surface area is 106 Å². The fraction of sp³-hybridized carbons (Fsp3) is 0.500. The molecule has 0 spiro atoms. The lowest BCUT2D eigenvalue weighted by Crippen LogP contribution is -2.48. The minimum absolute atomic E-state index is 0.0670. The molecule has 2 rings (SSSR count). The molecule has 1 fully saturated rings. The van der Waals surface area contributed by atoms with E-state index in [2.05, 4.69) is 4.98 Å². The average molecular weight is 255 g/mol. The second-order valence-electron chi connectivity index (χ2n) is 3.99. The molecule has 1 amide bonds. The molecule has 1 aliphatic heterocycles. The number of nitrogens with zero attached hydrogens (tertiary/aromatic N) is 2. The fourth-order valence-corrected chi connectivity index (χ4v) is 2.09. The van der Waals surface area contributed by atoms with Crippen molar-refractivity contribution in [2.45, 2.75) is 19.4 Å². The minimum Gasteiger partial charge on any atom is -0.377 e. The van der Waals surface area contributed by atoms with Crippen molar-refractivity contribution in [1.82, 2.24) is 9.88 Å². The van der Waals surface area contributed by atoms with Crippen LogP contribution in [0.3, 0.4) is 0 Å². The van der Waals surface area contributed by atoms with Crippen LogP contribution in [0.2, 0.25) is 5.02 Å². The van der Waals surface area contributed by atoms with Crippen LogP contribution in [0, 0.1) is 0 Å². The molecule has 1 saturated heterocycles. The third-order valence-electron chi connectivity index (χ3n) is 2.90. The zero-order chi connectivity index (χ0) is 12.3. The maximum Gasteiger partial charge on any atom is 0.272 e. The van der Waals surface area contributed by atoms with Crippen molar-refractivity contribution in [3.63, 3.8) is 0 Å². The smallest absolute Gasteiger partial charge is 0.272 e. The van der Waals surface area contributed by atoms with E-state index < -0.39 is 0 Å².